The maximum absolute atomic E-state index is 13.9. The van der Waals surface area contributed by atoms with Gasteiger partial charge in [-0.1, -0.05) is 18.2 Å². The first-order chi connectivity index (χ1) is 13.1. The van der Waals surface area contributed by atoms with Gasteiger partial charge in [0.15, 0.2) is 0 Å². The van der Waals surface area contributed by atoms with E-state index in [1.807, 2.05) is 0 Å². The van der Waals surface area contributed by atoms with Gasteiger partial charge >= 0.3 is 0 Å². The standard InChI is InChI=1S/C20H17FN2O3S/c21-15-5-3-7-17-14(15)12-18(27-17)19(24)22-16-6-2-1-4-13(16)20(25)23-8-10-26-11-9-23/h1-7,12H,8-11H2,(H,22,24). The lowest BCUT2D eigenvalue weighted by Crippen LogP contribution is -2.41. The van der Waals surface area contributed by atoms with E-state index >= 15 is 0 Å². The number of nitrogens with zero attached hydrogens (tertiary/aromatic N) is 1. The molecule has 1 aliphatic rings. The minimum atomic E-state index is -0.363. The molecule has 0 saturated carbocycles. The summed E-state index contributed by atoms with van der Waals surface area (Å²) >= 11 is 1.22. The molecule has 2 amide bonds. The number of ether oxygens (including phenoxy) is 1. The van der Waals surface area contributed by atoms with E-state index in [0.29, 0.717) is 52.5 Å². The number of hydrogen-bond acceptors (Lipinski definition) is 4. The Hall–Kier alpha value is -2.77. The number of rotatable bonds is 3. The highest BCUT2D eigenvalue weighted by Crippen LogP contribution is 2.28. The summed E-state index contributed by atoms with van der Waals surface area (Å²) in [6, 6.07) is 13.2. The topological polar surface area (TPSA) is 58.6 Å². The molecule has 0 spiro atoms. The van der Waals surface area contributed by atoms with Crippen LogP contribution in [0.4, 0.5) is 10.1 Å². The highest BCUT2D eigenvalue weighted by molar-refractivity contribution is 7.20. The van der Waals surface area contributed by atoms with Crippen molar-refractivity contribution in [3.63, 3.8) is 0 Å². The van der Waals surface area contributed by atoms with Crippen molar-refractivity contribution in [3.8, 4) is 0 Å². The fourth-order valence-electron chi connectivity index (χ4n) is 3.04. The van der Waals surface area contributed by atoms with Gasteiger partial charge in [0.1, 0.15) is 5.82 Å². The zero-order valence-electron chi connectivity index (χ0n) is 14.4. The number of halogens is 1. The largest absolute Gasteiger partial charge is 0.378 e. The smallest absolute Gasteiger partial charge is 0.265 e. The molecule has 1 aliphatic heterocycles. The van der Waals surface area contributed by atoms with Crippen molar-refractivity contribution in [2.45, 2.75) is 0 Å². The van der Waals surface area contributed by atoms with Crippen LogP contribution in [0.1, 0.15) is 20.0 Å². The van der Waals surface area contributed by atoms with E-state index in [9.17, 15) is 14.0 Å². The minimum absolute atomic E-state index is 0.142. The molecule has 4 rings (SSSR count). The van der Waals surface area contributed by atoms with Crippen LogP contribution in [0.15, 0.2) is 48.5 Å². The minimum Gasteiger partial charge on any atom is -0.378 e. The monoisotopic (exact) mass is 384 g/mol. The number of carbonyl (C=O) groups is 2. The summed E-state index contributed by atoms with van der Waals surface area (Å²) in [7, 11) is 0. The van der Waals surface area contributed by atoms with E-state index in [4.69, 9.17) is 4.74 Å². The number of nitrogens with one attached hydrogen (secondary N) is 1. The van der Waals surface area contributed by atoms with E-state index < -0.39 is 0 Å². The Morgan fingerprint density at radius 2 is 1.85 bits per heavy atom. The van der Waals surface area contributed by atoms with Crippen molar-refractivity contribution in [2.24, 2.45) is 0 Å². The first-order valence-electron chi connectivity index (χ1n) is 8.59. The maximum Gasteiger partial charge on any atom is 0.265 e. The summed E-state index contributed by atoms with van der Waals surface area (Å²) in [6.07, 6.45) is 0. The van der Waals surface area contributed by atoms with Crippen LogP contribution >= 0.6 is 11.3 Å². The summed E-state index contributed by atoms with van der Waals surface area (Å²) < 4.78 is 19.9. The molecule has 7 heteroatoms. The second-order valence-corrected chi connectivity index (χ2v) is 7.25. The molecular weight excluding hydrogens is 367 g/mol. The molecule has 0 aliphatic carbocycles. The van der Waals surface area contributed by atoms with Crippen molar-refractivity contribution in [1.82, 2.24) is 4.90 Å². The van der Waals surface area contributed by atoms with Gasteiger partial charge < -0.3 is 15.0 Å². The molecule has 1 aromatic heterocycles. The Balaban J connectivity index is 1.59. The average molecular weight is 384 g/mol. The summed E-state index contributed by atoms with van der Waals surface area (Å²) in [4.78, 5) is 27.6. The highest BCUT2D eigenvalue weighted by Gasteiger charge is 2.22. The number of morpholine rings is 1. The third kappa shape index (κ3) is 3.56. The van der Waals surface area contributed by atoms with Crippen molar-refractivity contribution < 1.29 is 18.7 Å². The molecule has 2 heterocycles. The number of amides is 2. The first-order valence-corrected chi connectivity index (χ1v) is 9.40. The van der Waals surface area contributed by atoms with Gasteiger partial charge in [-0.15, -0.1) is 11.3 Å². The molecule has 3 aromatic rings. The van der Waals surface area contributed by atoms with Crippen LogP contribution in [-0.4, -0.2) is 43.0 Å². The quantitative estimate of drug-likeness (QED) is 0.748. The second-order valence-electron chi connectivity index (χ2n) is 6.17. The molecular formula is C20H17FN2O3S. The van der Waals surface area contributed by atoms with Crippen LogP contribution in [0.5, 0.6) is 0 Å². The van der Waals surface area contributed by atoms with Gasteiger partial charge in [0.25, 0.3) is 11.8 Å². The van der Waals surface area contributed by atoms with Crippen LogP contribution in [-0.2, 0) is 4.74 Å². The van der Waals surface area contributed by atoms with E-state index in [1.165, 1.54) is 23.5 Å². The van der Waals surface area contributed by atoms with Gasteiger partial charge in [-0.2, -0.15) is 0 Å². The predicted molar refractivity (Wildman–Crippen MR) is 103 cm³/mol. The van der Waals surface area contributed by atoms with Gasteiger partial charge in [0.2, 0.25) is 0 Å². The van der Waals surface area contributed by atoms with E-state index in [-0.39, 0.29) is 17.6 Å². The maximum atomic E-state index is 13.9. The molecule has 0 unspecified atom stereocenters. The third-order valence-electron chi connectivity index (χ3n) is 4.44. The summed E-state index contributed by atoms with van der Waals surface area (Å²) in [5.74, 6) is -0.861. The van der Waals surface area contributed by atoms with Crippen LogP contribution in [0.3, 0.4) is 0 Å². The van der Waals surface area contributed by atoms with Crippen LogP contribution in [0, 0.1) is 5.82 Å². The first kappa shape index (κ1) is 17.6. The zero-order valence-corrected chi connectivity index (χ0v) is 15.2. The number of anilines is 1. The Bertz CT molecular complexity index is 1010. The Morgan fingerprint density at radius 1 is 1.07 bits per heavy atom. The fraction of sp³-hybridized carbons (Fsp3) is 0.200. The molecule has 138 valence electrons. The van der Waals surface area contributed by atoms with Crippen molar-refractivity contribution in [3.05, 3.63) is 64.8 Å². The Labute approximate surface area is 159 Å². The molecule has 1 saturated heterocycles. The lowest BCUT2D eigenvalue weighted by atomic mass is 10.1. The average Bonchev–Trinajstić information content (AvgIpc) is 3.15. The SMILES string of the molecule is O=C(Nc1ccccc1C(=O)N1CCOCC1)c1cc2c(F)cccc2s1. The van der Waals surface area contributed by atoms with Crippen LogP contribution in [0.2, 0.25) is 0 Å². The highest BCUT2D eigenvalue weighted by atomic mass is 32.1. The lowest BCUT2D eigenvalue weighted by molar-refractivity contribution is 0.0303. The van der Waals surface area contributed by atoms with E-state index in [1.54, 1.807) is 41.3 Å². The molecule has 5 nitrogen and oxygen atoms in total. The Kier molecular flexibility index (Phi) is 4.87. The van der Waals surface area contributed by atoms with Crippen molar-refractivity contribution in [1.29, 1.82) is 0 Å². The number of fused-ring (bicyclic) bond motifs is 1. The molecule has 0 atom stereocenters. The lowest BCUT2D eigenvalue weighted by Gasteiger charge is -2.27. The van der Waals surface area contributed by atoms with Gasteiger partial charge in [-0.05, 0) is 30.3 Å². The normalized spacial score (nSPS) is 14.3. The number of carbonyl (C=O) groups excluding carboxylic acids is 2. The van der Waals surface area contributed by atoms with Gasteiger partial charge in [0, 0.05) is 23.2 Å². The summed E-state index contributed by atoms with van der Waals surface area (Å²) in [6.45, 7) is 2.06. The van der Waals surface area contributed by atoms with Gasteiger partial charge in [-0.25, -0.2) is 4.39 Å². The molecule has 1 fully saturated rings. The van der Waals surface area contributed by atoms with Crippen molar-refractivity contribution in [2.75, 3.05) is 31.6 Å². The van der Waals surface area contributed by atoms with Crippen molar-refractivity contribution >= 4 is 38.9 Å². The van der Waals surface area contributed by atoms with Crippen LogP contribution < -0.4 is 5.32 Å². The second kappa shape index (κ2) is 7.46. The summed E-state index contributed by atoms with van der Waals surface area (Å²) in [5.41, 5.74) is 0.872. The number of para-hydroxylation sites is 1. The molecule has 1 N–H and O–H groups in total. The molecule has 0 bridgehead atoms. The van der Waals surface area contributed by atoms with E-state index in [0.717, 1.165) is 0 Å². The molecule has 0 radical (unpaired) electrons. The number of thiophene rings is 1. The van der Waals surface area contributed by atoms with Gasteiger partial charge in [-0.3, -0.25) is 9.59 Å². The Morgan fingerprint density at radius 3 is 2.63 bits per heavy atom. The van der Waals surface area contributed by atoms with Gasteiger partial charge in [0.05, 0.1) is 29.3 Å². The third-order valence-corrected chi connectivity index (χ3v) is 5.54. The molecule has 2 aromatic carbocycles. The zero-order chi connectivity index (χ0) is 18.8. The number of benzene rings is 2. The number of hydrogen-bond donors (Lipinski definition) is 1. The fourth-order valence-corrected chi connectivity index (χ4v) is 4.01. The molecule has 27 heavy (non-hydrogen) atoms. The van der Waals surface area contributed by atoms with E-state index in [2.05, 4.69) is 5.32 Å². The summed E-state index contributed by atoms with van der Waals surface area (Å²) in [5, 5.41) is 3.22. The van der Waals surface area contributed by atoms with Crippen LogP contribution in [0.25, 0.3) is 10.1 Å². The predicted octanol–water partition coefficient (Wildman–Crippen LogP) is 3.77.